The molecule has 1 unspecified atom stereocenters. The molecule has 61 heavy (non-hydrogen) atoms. The topological polar surface area (TPSA) is 78.9 Å². The molecule has 0 aliphatic heterocycles. The summed E-state index contributed by atoms with van der Waals surface area (Å²) in [5, 5.41) is 0. The van der Waals surface area contributed by atoms with Crippen molar-refractivity contribution in [2.75, 3.05) is 13.2 Å². The van der Waals surface area contributed by atoms with Gasteiger partial charge in [-0.05, 0) is 70.6 Å². The smallest absolute Gasteiger partial charge is 0.306 e. The molecule has 0 aliphatic carbocycles. The third-order valence-corrected chi connectivity index (χ3v) is 11.0. The molecule has 352 valence electrons. The Morgan fingerprint density at radius 3 is 1.07 bits per heavy atom. The van der Waals surface area contributed by atoms with E-state index in [1.54, 1.807) is 0 Å². The van der Waals surface area contributed by atoms with Gasteiger partial charge in [0.1, 0.15) is 13.2 Å². The quantitative estimate of drug-likeness (QED) is 0.0263. The van der Waals surface area contributed by atoms with E-state index in [9.17, 15) is 14.4 Å². The first-order valence-corrected chi connectivity index (χ1v) is 25.8. The predicted octanol–water partition coefficient (Wildman–Crippen LogP) is 16.9. The summed E-state index contributed by atoms with van der Waals surface area (Å²) in [6, 6.07) is 0. The van der Waals surface area contributed by atoms with E-state index in [1.165, 1.54) is 141 Å². The van der Waals surface area contributed by atoms with Gasteiger partial charge in [0.15, 0.2) is 6.10 Å². The molecule has 0 rings (SSSR count). The first-order chi connectivity index (χ1) is 30.0. The molecule has 0 bridgehead atoms. The highest BCUT2D eigenvalue weighted by atomic mass is 16.6. The van der Waals surface area contributed by atoms with Gasteiger partial charge in [-0.3, -0.25) is 14.4 Å². The lowest BCUT2D eigenvalue weighted by Crippen LogP contribution is -2.30. The zero-order chi connectivity index (χ0) is 44.4. The van der Waals surface area contributed by atoms with Gasteiger partial charge in [0.25, 0.3) is 0 Å². The molecule has 0 amide bonds. The van der Waals surface area contributed by atoms with Crippen molar-refractivity contribution in [1.82, 2.24) is 0 Å². The van der Waals surface area contributed by atoms with Crippen molar-refractivity contribution in [3.8, 4) is 0 Å². The van der Waals surface area contributed by atoms with Gasteiger partial charge in [0.2, 0.25) is 0 Å². The summed E-state index contributed by atoms with van der Waals surface area (Å²) in [5.74, 6) is -0.985. The average Bonchev–Trinajstić information content (AvgIpc) is 3.26. The summed E-state index contributed by atoms with van der Waals surface area (Å²) in [5.41, 5.74) is 0. The second-order valence-corrected chi connectivity index (χ2v) is 17.1. The monoisotopic (exact) mass is 853 g/mol. The highest BCUT2D eigenvalue weighted by Crippen LogP contribution is 2.15. The van der Waals surface area contributed by atoms with Crippen LogP contribution in [0.4, 0.5) is 0 Å². The van der Waals surface area contributed by atoms with Crippen molar-refractivity contribution in [1.29, 1.82) is 0 Å². The minimum absolute atomic E-state index is 0.102. The Kier molecular flexibility index (Phi) is 47.4. The largest absolute Gasteiger partial charge is 0.462 e. The molecule has 6 heteroatoms. The Balaban J connectivity index is 4.41. The van der Waals surface area contributed by atoms with Crippen LogP contribution in [0.15, 0.2) is 60.8 Å². The molecule has 1 atom stereocenters. The van der Waals surface area contributed by atoms with E-state index in [0.717, 1.165) is 64.2 Å². The lowest BCUT2D eigenvalue weighted by Gasteiger charge is -2.18. The molecule has 0 saturated carbocycles. The zero-order valence-corrected chi connectivity index (χ0v) is 40.2. The highest BCUT2D eigenvalue weighted by molar-refractivity contribution is 5.71. The van der Waals surface area contributed by atoms with Gasteiger partial charge in [-0.2, -0.15) is 0 Å². The first kappa shape index (κ1) is 58.1. The highest BCUT2D eigenvalue weighted by Gasteiger charge is 2.19. The molecule has 0 N–H and O–H groups in total. The van der Waals surface area contributed by atoms with Crippen LogP contribution in [-0.2, 0) is 28.6 Å². The fourth-order valence-electron chi connectivity index (χ4n) is 7.16. The molecule has 0 saturated heterocycles. The Bertz CT molecular complexity index is 1120. The van der Waals surface area contributed by atoms with Crippen molar-refractivity contribution in [2.45, 2.75) is 258 Å². The van der Waals surface area contributed by atoms with Crippen LogP contribution in [0.5, 0.6) is 0 Å². The first-order valence-electron chi connectivity index (χ1n) is 25.8. The maximum atomic E-state index is 12.7. The van der Waals surface area contributed by atoms with Gasteiger partial charge in [0.05, 0.1) is 0 Å². The van der Waals surface area contributed by atoms with Crippen LogP contribution in [0, 0.1) is 0 Å². The molecule has 0 fully saturated rings. The molecule has 0 aromatic carbocycles. The van der Waals surface area contributed by atoms with Crippen LogP contribution < -0.4 is 0 Å². The number of carbonyl (C=O) groups is 3. The van der Waals surface area contributed by atoms with Crippen molar-refractivity contribution in [2.24, 2.45) is 0 Å². The van der Waals surface area contributed by atoms with Gasteiger partial charge in [-0.1, -0.05) is 223 Å². The number of hydrogen-bond donors (Lipinski definition) is 0. The van der Waals surface area contributed by atoms with E-state index in [1.807, 2.05) is 12.2 Å². The standard InChI is InChI=1S/C55H96O6/c1-4-7-10-13-16-19-22-25-26-27-28-29-31-33-36-39-42-45-48-54(57)60-51-52(50-59-53(56)47-44-41-38-35-32-24-21-18-15-12-9-6-3)61-55(58)49-46-43-40-37-34-30-23-20-17-14-11-8-5-2/h8,11,17,20,26-27,30,34,40,43,52H,4-7,9-10,12-16,18-19,21-25,28-29,31-33,35-39,41-42,44-51H2,1-3H3/b11-8-,20-17-,27-26-,34-30-,43-40-. The van der Waals surface area contributed by atoms with Crippen LogP contribution >= 0.6 is 0 Å². The molecule has 0 spiro atoms. The Labute approximate surface area is 377 Å². The number of esters is 3. The third-order valence-electron chi connectivity index (χ3n) is 11.0. The lowest BCUT2D eigenvalue weighted by molar-refractivity contribution is -0.166. The molecule has 0 radical (unpaired) electrons. The fourth-order valence-corrected chi connectivity index (χ4v) is 7.16. The summed E-state index contributed by atoms with van der Waals surface area (Å²) in [6.45, 7) is 6.46. The molecule has 0 aromatic heterocycles. The van der Waals surface area contributed by atoms with Crippen molar-refractivity contribution >= 4 is 17.9 Å². The van der Waals surface area contributed by atoms with E-state index in [4.69, 9.17) is 14.2 Å². The molecule has 0 heterocycles. The van der Waals surface area contributed by atoms with E-state index in [2.05, 4.69) is 69.4 Å². The van der Waals surface area contributed by atoms with Crippen LogP contribution in [0.1, 0.15) is 252 Å². The number of allylic oxidation sites excluding steroid dienone is 10. The number of carbonyl (C=O) groups excluding carboxylic acids is 3. The zero-order valence-electron chi connectivity index (χ0n) is 40.2. The predicted molar refractivity (Wildman–Crippen MR) is 261 cm³/mol. The minimum Gasteiger partial charge on any atom is -0.462 e. The average molecular weight is 853 g/mol. The Hall–Kier alpha value is -2.89. The SMILES string of the molecule is CC/C=C\C/C=C\C/C=C\C/C=C\CCC(=O)OC(COC(=O)CCCCCCCCC/C=C\CCCCCCCCC)COC(=O)CCCCCCCCCCCCCC. The molecule has 6 nitrogen and oxygen atoms in total. The number of ether oxygens (including phenoxy) is 3. The third kappa shape index (κ3) is 48.0. The molecule has 0 aromatic rings. The van der Waals surface area contributed by atoms with Gasteiger partial charge >= 0.3 is 17.9 Å². The Morgan fingerprint density at radius 1 is 0.344 bits per heavy atom. The van der Waals surface area contributed by atoms with Gasteiger partial charge in [-0.15, -0.1) is 0 Å². The maximum Gasteiger partial charge on any atom is 0.306 e. The van der Waals surface area contributed by atoms with Gasteiger partial charge < -0.3 is 14.2 Å². The second-order valence-electron chi connectivity index (χ2n) is 17.1. The number of hydrogen-bond acceptors (Lipinski definition) is 6. The van der Waals surface area contributed by atoms with Crippen molar-refractivity contribution < 1.29 is 28.6 Å². The van der Waals surface area contributed by atoms with Crippen LogP contribution in [-0.4, -0.2) is 37.2 Å². The normalized spacial score (nSPS) is 12.5. The Morgan fingerprint density at radius 2 is 0.672 bits per heavy atom. The molecular formula is C55H96O6. The summed E-state index contributed by atoms with van der Waals surface area (Å²) in [6.07, 6.45) is 60.8. The van der Waals surface area contributed by atoms with Gasteiger partial charge in [0, 0.05) is 19.3 Å². The second kappa shape index (κ2) is 49.8. The summed E-state index contributed by atoms with van der Waals surface area (Å²) < 4.78 is 16.7. The van der Waals surface area contributed by atoms with E-state index in [-0.39, 0.29) is 37.5 Å². The van der Waals surface area contributed by atoms with E-state index < -0.39 is 6.10 Å². The number of rotatable bonds is 46. The van der Waals surface area contributed by atoms with Gasteiger partial charge in [-0.25, -0.2) is 0 Å². The molecule has 0 aliphatic rings. The van der Waals surface area contributed by atoms with E-state index >= 15 is 0 Å². The summed E-state index contributed by atoms with van der Waals surface area (Å²) in [7, 11) is 0. The summed E-state index contributed by atoms with van der Waals surface area (Å²) >= 11 is 0. The van der Waals surface area contributed by atoms with Crippen molar-refractivity contribution in [3.05, 3.63) is 60.8 Å². The summed E-state index contributed by atoms with van der Waals surface area (Å²) in [4.78, 5) is 37.9. The maximum absolute atomic E-state index is 12.7. The minimum atomic E-state index is -0.810. The van der Waals surface area contributed by atoms with Crippen molar-refractivity contribution in [3.63, 3.8) is 0 Å². The van der Waals surface area contributed by atoms with E-state index in [0.29, 0.717) is 19.3 Å². The number of unbranched alkanes of at least 4 members (excludes halogenated alkanes) is 25. The molecular weight excluding hydrogens is 757 g/mol. The van der Waals surface area contributed by atoms with Crippen LogP contribution in [0.3, 0.4) is 0 Å². The lowest BCUT2D eigenvalue weighted by atomic mass is 10.0. The van der Waals surface area contributed by atoms with Crippen LogP contribution in [0.25, 0.3) is 0 Å². The van der Waals surface area contributed by atoms with Crippen LogP contribution in [0.2, 0.25) is 0 Å². The fraction of sp³-hybridized carbons (Fsp3) is 0.764.